The van der Waals surface area contributed by atoms with Gasteiger partial charge in [0.25, 0.3) is 0 Å². The van der Waals surface area contributed by atoms with E-state index in [0.29, 0.717) is 4.31 Å². The largest absolute Gasteiger partial charge is 0.481 e. The Labute approximate surface area is 119 Å². The summed E-state index contributed by atoms with van der Waals surface area (Å²) in [6.07, 6.45) is -4.76. The third-order valence-electron chi connectivity index (χ3n) is 3.40. The van der Waals surface area contributed by atoms with Crippen LogP contribution in [0.5, 0.6) is 0 Å². The molecule has 1 aromatic rings. The molecule has 1 aliphatic rings. The lowest BCUT2D eigenvalue weighted by Gasteiger charge is -2.18. The Bertz CT molecular complexity index is 630. The normalized spacial score (nSPS) is 24.1. The third kappa shape index (κ3) is 3.03. The number of carboxylic acid groups (broad SMARTS) is 1. The van der Waals surface area contributed by atoms with Gasteiger partial charge in [0.15, 0.2) is 0 Å². The summed E-state index contributed by atoms with van der Waals surface area (Å²) in [5, 5.41) is 8.88. The maximum atomic E-state index is 12.9. The molecular weight excluding hydrogens is 311 g/mol. The molecule has 0 spiro atoms. The molecule has 1 N–H and O–H groups in total. The van der Waals surface area contributed by atoms with Crippen molar-refractivity contribution in [3.8, 4) is 0 Å². The summed E-state index contributed by atoms with van der Waals surface area (Å²) in [6, 6.07) is 6.97. The predicted octanol–water partition coefficient (Wildman–Crippen LogP) is 1.57. The first-order valence-corrected chi connectivity index (χ1v) is 7.43. The Morgan fingerprint density at radius 2 is 1.76 bits per heavy atom. The van der Waals surface area contributed by atoms with E-state index in [1.165, 1.54) is 24.3 Å². The third-order valence-corrected chi connectivity index (χ3v) is 5.25. The zero-order valence-corrected chi connectivity index (χ0v) is 11.4. The molecule has 0 saturated carbocycles. The van der Waals surface area contributed by atoms with Crippen LogP contribution in [0.2, 0.25) is 0 Å². The highest BCUT2D eigenvalue weighted by Gasteiger charge is 2.54. The van der Waals surface area contributed by atoms with E-state index < -0.39 is 47.1 Å². The Kier molecular flexibility index (Phi) is 3.98. The highest BCUT2D eigenvalue weighted by Crippen LogP contribution is 2.39. The van der Waals surface area contributed by atoms with Gasteiger partial charge in [-0.05, 0) is 12.1 Å². The van der Waals surface area contributed by atoms with Crippen LogP contribution in [0.15, 0.2) is 35.2 Å². The first kappa shape index (κ1) is 15.8. The molecule has 0 unspecified atom stereocenters. The molecule has 2 rings (SSSR count). The molecule has 9 heteroatoms. The number of carbonyl (C=O) groups is 1. The standard InChI is InChI=1S/C12H12F3NO4S/c13-12(14,15)10-7-16(6-9(10)11(17)18)21(19,20)8-4-2-1-3-5-8/h1-5,9-10H,6-7H2,(H,17,18)/t9-,10-/m1/s1. The van der Waals surface area contributed by atoms with Crippen LogP contribution in [0.4, 0.5) is 13.2 Å². The molecule has 116 valence electrons. The summed E-state index contributed by atoms with van der Waals surface area (Å²) in [5.74, 6) is -5.64. The molecule has 0 aliphatic carbocycles. The second kappa shape index (κ2) is 5.30. The number of aliphatic carboxylic acids is 1. The van der Waals surface area contributed by atoms with Gasteiger partial charge >= 0.3 is 12.1 Å². The predicted molar refractivity (Wildman–Crippen MR) is 65.9 cm³/mol. The second-order valence-electron chi connectivity index (χ2n) is 4.73. The zero-order valence-electron chi connectivity index (χ0n) is 10.6. The van der Waals surface area contributed by atoms with Gasteiger partial charge in [0.2, 0.25) is 10.0 Å². The topological polar surface area (TPSA) is 74.7 Å². The lowest BCUT2D eigenvalue weighted by molar-refractivity contribution is -0.187. The fourth-order valence-corrected chi connectivity index (χ4v) is 3.80. The molecule has 1 aromatic carbocycles. The molecule has 21 heavy (non-hydrogen) atoms. The van der Waals surface area contributed by atoms with Gasteiger partial charge in [0.1, 0.15) is 0 Å². The lowest BCUT2D eigenvalue weighted by Crippen LogP contribution is -2.34. The van der Waals surface area contributed by atoms with Crippen molar-refractivity contribution in [2.75, 3.05) is 13.1 Å². The molecule has 0 aromatic heterocycles. The maximum Gasteiger partial charge on any atom is 0.393 e. The van der Waals surface area contributed by atoms with Crippen molar-refractivity contribution in [3.05, 3.63) is 30.3 Å². The van der Waals surface area contributed by atoms with Gasteiger partial charge in [-0.3, -0.25) is 4.79 Å². The van der Waals surface area contributed by atoms with Gasteiger partial charge in [-0.25, -0.2) is 8.42 Å². The van der Waals surface area contributed by atoms with Crippen LogP contribution < -0.4 is 0 Å². The zero-order chi connectivity index (χ0) is 15.8. The molecule has 1 fully saturated rings. The molecule has 0 bridgehead atoms. The van der Waals surface area contributed by atoms with Gasteiger partial charge in [-0.15, -0.1) is 0 Å². The van der Waals surface area contributed by atoms with E-state index in [9.17, 15) is 26.4 Å². The first-order valence-electron chi connectivity index (χ1n) is 5.99. The summed E-state index contributed by atoms with van der Waals surface area (Å²) < 4.78 is 63.6. The van der Waals surface area contributed by atoms with Crippen LogP contribution >= 0.6 is 0 Å². The number of benzene rings is 1. The van der Waals surface area contributed by atoms with Gasteiger partial charge in [0.05, 0.1) is 16.7 Å². The van der Waals surface area contributed by atoms with E-state index >= 15 is 0 Å². The minimum absolute atomic E-state index is 0.156. The molecule has 0 radical (unpaired) electrons. The highest BCUT2D eigenvalue weighted by molar-refractivity contribution is 7.89. The van der Waals surface area contributed by atoms with Crippen LogP contribution in [-0.2, 0) is 14.8 Å². The Balaban J connectivity index is 2.33. The van der Waals surface area contributed by atoms with E-state index in [2.05, 4.69) is 0 Å². The van der Waals surface area contributed by atoms with Crippen LogP contribution in [0.25, 0.3) is 0 Å². The quantitative estimate of drug-likeness (QED) is 0.916. The van der Waals surface area contributed by atoms with Crippen molar-refractivity contribution < 1.29 is 31.5 Å². The second-order valence-corrected chi connectivity index (χ2v) is 6.67. The Morgan fingerprint density at radius 3 is 2.19 bits per heavy atom. The maximum absolute atomic E-state index is 12.9. The van der Waals surface area contributed by atoms with E-state index in [1.54, 1.807) is 6.07 Å². The number of nitrogens with zero attached hydrogens (tertiary/aromatic N) is 1. The Hall–Kier alpha value is -1.61. The highest BCUT2D eigenvalue weighted by atomic mass is 32.2. The summed E-state index contributed by atoms with van der Waals surface area (Å²) >= 11 is 0. The molecule has 5 nitrogen and oxygen atoms in total. The van der Waals surface area contributed by atoms with E-state index in [1.807, 2.05) is 0 Å². The van der Waals surface area contributed by atoms with Crippen LogP contribution in [-0.4, -0.2) is 43.1 Å². The van der Waals surface area contributed by atoms with Crippen LogP contribution in [0.3, 0.4) is 0 Å². The average molecular weight is 323 g/mol. The van der Waals surface area contributed by atoms with Crippen molar-refractivity contribution in [3.63, 3.8) is 0 Å². The number of halogens is 3. The number of carboxylic acids is 1. The number of hydrogen-bond donors (Lipinski definition) is 1. The molecule has 0 amide bonds. The summed E-state index contributed by atoms with van der Waals surface area (Å²) in [5.41, 5.74) is 0. The number of sulfonamides is 1. The molecule has 1 heterocycles. The van der Waals surface area contributed by atoms with Gasteiger partial charge in [-0.2, -0.15) is 17.5 Å². The summed E-state index contributed by atoms with van der Waals surface area (Å²) in [7, 11) is -4.13. The average Bonchev–Trinajstić information content (AvgIpc) is 2.85. The smallest absolute Gasteiger partial charge is 0.393 e. The van der Waals surface area contributed by atoms with Gasteiger partial charge in [-0.1, -0.05) is 18.2 Å². The summed E-state index contributed by atoms with van der Waals surface area (Å²) in [6.45, 7) is -1.56. The molecular formula is C12H12F3NO4S. The van der Waals surface area contributed by atoms with Gasteiger partial charge < -0.3 is 5.11 Å². The van der Waals surface area contributed by atoms with E-state index in [4.69, 9.17) is 5.11 Å². The molecule has 1 saturated heterocycles. The van der Waals surface area contributed by atoms with Crippen molar-refractivity contribution in [1.82, 2.24) is 4.31 Å². The summed E-state index contributed by atoms with van der Waals surface area (Å²) in [4.78, 5) is 10.8. The fraction of sp³-hybridized carbons (Fsp3) is 0.417. The lowest BCUT2D eigenvalue weighted by atomic mass is 9.96. The minimum atomic E-state index is -4.76. The van der Waals surface area contributed by atoms with Crippen molar-refractivity contribution >= 4 is 16.0 Å². The number of rotatable bonds is 3. The van der Waals surface area contributed by atoms with E-state index in [0.717, 1.165) is 0 Å². The molecule has 2 atom stereocenters. The van der Waals surface area contributed by atoms with Crippen LogP contribution in [0.1, 0.15) is 0 Å². The van der Waals surface area contributed by atoms with Crippen molar-refractivity contribution in [2.45, 2.75) is 11.1 Å². The van der Waals surface area contributed by atoms with Crippen molar-refractivity contribution in [1.29, 1.82) is 0 Å². The van der Waals surface area contributed by atoms with Crippen molar-refractivity contribution in [2.24, 2.45) is 11.8 Å². The van der Waals surface area contributed by atoms with Crippen LogP contribution in [0, 0.1) is 11.8 Å². The monoisotopic (exact) mass is 323 g/mol. The SMILES string of the molecule is O=C(O)[C@@H]1CN(S(=O)(=O)c2ccccc2)C[C@H]1C(F)(F)F. The molecule has 1 aliphatic heterocycles. The minimum Gasteiger partial charge on any atom is -0.481 e. The van der Waals surface area contributed by atoms with Gasteiger partial charge in [0, 0.05) is 13.1 Å². The Morgan fingerprint density at radius 1 is 1.19 bits per heavy atom. The number of alkyl halides is 3. The fourth-order valence-electron chi connectivity index (χ4n) is 2.29. The number of hydrogen-bond acceptors (Lipinski definition) is 3. The van der Waals surface area contributed by atoms with E-state index in [-0.39, 0.29) is 4.90 Å². The first-order chi connectivity index (χ1) is 9.64.